The zero-order chi connectivity index (χ0) is 15.3. The number of amidine groups is 1. The van der Waals surface area contributed by atoms with E-state index in [0.29, 0.717) is 5.75 Å². The van der Waals surface area contributed by atoms with Gasteiger partial charge in [-0.25, -0.2) is 14.4 Å². The number of nitrogens with zero attached hydrogens (tertiary/aromatic N) is 3. The third kappa shape index (κ3) is 4.13. The van der Waals surface area contributed by atoms with Gasteiger partial charge in [-0.15, -0.1) is 0 Å². The van der Waals surface area contributed by atoms with Crippen LogP contribution in [-0.4, -0.2) is 36.3 Å². The first kappa shape index (κ1) is 15.8. The van der Waals surface area contributed by atoms with Crippen LogP contribution in [0.3, 0.4) is 0 Å². The topological polar surface area (TPSA) is 80.1 Å². The standard InChI is InChI=1S/C13H20FN5O/c1-5-18(3)19(4)9(2)17-13(16)20-10-6-7-11(14)12(15)8-10/h5-9H,1,15H2,2-4H3,(H2,16,17). The molecule has 1 rings (SSSR count). The van der Waals surface area contributed by atoms with E-state index in [1.165, 1.54) is 18.2 Å². The van der Waals surface area contributed by atoms with Crippen LogP contribution in [0.4, 0.5) is 10.1 Å². The van der Waals surface area contributed by atoms with Crippen molar-refractivity contribution >= 4 is 11.7 Å². The Morgan fingerprint density at radius 2 is 2.15 bits per heavy atom. The van der Waals surface area contributed by atoms with Gasteiger partial charge in [0.2, 0.25) is 0 Å². The molecule has 0 saturated carbocycles. The molecular weight excluding hydrogens is 261 g/mol. The highest BCUT2D eigenvalue weighted by atomic mass is 19.1. The van der Waals surface area contributed by atoms with Crippen molar-refractivity contribution in [2.24, 2.45) is 10.7 Å². The van der Waals surface area contributed by atoms with Crippen molar-refractivity contribution in [2.45, 2.75) is 13.1 Å². The molecule has 0 saturated heterocycles. The highest BCUT2D eigenvalue weighted by Gasteiger charge is 2.11. The van der Waals surface area contributed by atoms with Crippen LogP contribution in [0.1, 0.15) is 6.92 Å². The molecule has 0 fully saturated rings. The average molecular weight is 281 g/mol. The van der Waals surface area contributed by atoms with E-state index < -0.39 is 5.82 Å². The van der Waals surface area contributed by atoms with E-state index in [1.807, 2.05) is 26.0 Å². The molecule has 0 aromatic heterocycles. The van der Waals surface area contributed by atoms with E-state index in [4.69, 9.17) is 16.2 Å². The van der Waals surface area contributed by atoms with Gasteiger partial charge < -0.3 is 21.2 Å². The van der Waals surface area contributed by atoms with Crippen molar-refractivity contribution in [2.75, 3.05) is 19.8 Å². The molecule has 1 aromatic rings. The number of ether oxygens (including phenoxy) is 1. The van der Waals surface area contributed by atoms with Crippen LogP contribution in [0.5, 0.6) is 5.75 Å². The minimum absolute atomic E-state index is 0.00754. The fraction of sp³-hybridized carbons (Fsp3) is 0.308. The van der Waals surface area contributed by atoms with Crippen molar-refractivity contribution in [3.63, 3.8) is 0 Å². The Balaban J connectivity index is 2.74. The number of nitrogens with two attached hydrogens (primary N) is 2. The molecule has 0 aliphatic rings. The quantitative estimate of drug-likeness (QED) is 0.369. The second kappa shape index (κ2) is 6.76. The Bertz CT molecular complexity index is 506. The van der Waals surface area contributed by atoms with E-state index >= 15 is 0 Å². The van der Waals surface area contributed by atoms with Crippen LogP contribution < -0.4 is 16.2 Å². The third-order valence-corrected chi connectivity index (χ3v) is 2.81. The highest BCUT2D eigenvalue weighted by molar-refractivity contribution is 5.74. The van der Waals surface area contributed by atoms with Gasteiger partial charge >= 0.3 is 0 Å². The van der Waals surface area contributed by atoms with Crippen molar-refractivity contribution in [3.8, 4) is 5.75 Å². The summed E-state index contributed by atoms with van der Waals surface area (Å²) in [6, 6.07) is 3.95. The number of benzene rings is 1. The summed E-state index contributed by atoms with van der Waals surface area (Å²) < 4.78 is 18.3. The van der Waals surface area contributed by atoms with E-state index in [-0.39, 0.29) is 17.9 Å². The predicted molar refractivity (Wildman–Crippen MR) is 78.2 cm³/mol. The molecule has 6 nitrogen and oxygen atoms in total. The van der Waals surface area contributed by atoms with Crippen molar-refractivity contribution in [1.29, 1.82) is 0 Å². The Labute approximate surface area is 118 Å². The Morgan fingerprint density at radius 1 is 1.50 bits per heavy atom. The minimum Gasteiger partial charge on any atom is -0.426 e. The fourth-order valence-electron chi connectivity index (χ4n) is 1.39. The maximum atomic E-state index is 13.0. The molecule has 0 bridgehead atoms. The number of rotatable bonds is 5. The van der Waals surface area contributed by atoms with Gasteiger partial charge in [0.05, 0.1) is 5.69 Å². The van der Waals surface area contributed by atoms with Crippen LogP contribution in [0.25, 0.3) is 0 Å². The van der Waals surface area contributed by atoms with Gasteiger partial charge in [0.25, 0.3) is 6.02 Å². The molecule has 0 amide bonds. The van der Waals surface area contributed by atoms with Crippen LogP contribution in [0, 0.1) is 5.82 Å². The van der Waals surface area contributed by atoms with Crippen LogP contribution in [-0.2, 0) is 0 Å². The Hall–Kier alpha value is -2.28. The number of hydrogen-bond acceptors (Lipinski definition) is 5. The largest absolute Gasteiger partial charge is 0.426 e. The summed E-state index contributed by atoms with van der Waals surface area (Å²) >= 11 is 0. The molecule has 110 valence electrons. The molecule has 0 aliphatic carbocycles. The monoisotopic (exact) mass is 281 g/mol. The first-order valence-electron chi connectivity index (χ1n) is 5.99. The second-order valence-corrected chi connectivity index (χ2v) is 4.21. The molecule has 0 spiro atoms. The zero-order valence-electron chi connectivity index (χ0n) is 11.9. The normalized spacial score (nSPS) is 13.2. The lowest BCUT2D eigenvalue weighted by atomic mass is 10.3. The molecular formula is C13H20FN5O. The van der Waals surface area contributed by atoms with Gasteiger partial charge in [-0.05, 0) is 19.1 Å². The predicted octanol–water partition coefficient (Wildman–Crippen LogP) is 1.37. The van der Waals surface area contributed by atoms with Gasteiger partial charge in [-0.2, -0.15) is 0 Å². The van der Waals surface area contributed by atoms with Crippen molar-refractivity contribution < 1.29 is 9.13 Å². The van der Waals surface area contributed by atoms with Crippen LogP contribution >= 0.6 is 0 Å². The Morgan fingerprint density at radius 3 is 2.70 bits per heavy atom. The molecule has 1 unspecified atom stereocenters. The van der Waals surface area contributed by atoms with E-state index in [0.717, 1.165) is 0 Å². The molecule has 0 heterocycles. The highest BCUT2D eigenvalue weighted by Crippen LogP contribution is 2.18. The molecule has 1 aromatic carbocycles. The summed E-state index contributed by atoms with van der Waals surface area (Å²) in [6.07, 6.45) is 1.39. The third-order valence-electron chi connectivity index (χ3n) is 2.81. The lowest BCUT2D eigenvalue weighted by molar-refractivity contribution is 0.0417. The van der Waals surface area contributed by atoms with Crippen LogP contribution in [0.15, 0.2) is 36.0 Å². The van der Waals surface area contributed by atoms with Crippen molar-refractivity contribution in [3.05, 3.63) is 36.8 Å². The van der Waals surface area contributed by atoms with Gasteiger partial charge in [0, 0.05) is 26.4 Å². The number of hydrazine groups is 1. The summed E-state index contributed by atoms with van der Waals surface area (Å²) in [4.78, 5) is 4.17. The maximum Gasteiger partial charge on any atom is 0.289 e. The summed E-state index contributed by atoms with van der Waals surface area (Å²) in [5.41, 5.74) is 11.1. The van der Waals surface area contributed by atoms with E-state index in [9.17, 15) is 4.39 Å². The molecule has 0 radical (unpaired) electrons. The summed E-state index contributed by atoms with van der Waals surface area (Å²) in [6.45, 7) is 5.50. The van der Waals surface area contributed by atoms with Gasteiger partial charge in [-0.3, -0.25) is 0 Å². The summed E-state index contributed by atoms with van der Waals surface area (Å²) in [7, 11) is 3.66. The summed E-state index contributed by atoms with van der Waals surface area (Å²) in [5, 5.41) is 3.57. The number of nitrogen functional groups attached to an aromatic ring is 1. The number of hydrogen-bond donors (Lipinski definition) is 2. The second-order valence-electron chi connectivity index (χ2n) is 4.21. The fourth-order valence-corrected chi connectivity index (χ4v) is 1.39. The van der Waals surface area contributed by atoms with E-state index in [2.05, 4.69) is 11.6 Å². The molecule has 1 atom stereocenters. The van der Waals surface area contributed by atoms with E-state index in [1.54, 1.807) is 11.2 Å². The SMILES string of the molecule is C=CN(C)N(C)C(C)N=C(N)Oc1ccc(F)c(N)c1. The number of anilines is 1. The molecule has 20 heavy (non-hydrogen) atoms. The lowest BCUT2D eigenvalue weighted by Gasteiger charge is -2.29. The first-order valence-corrected chi connectivity index (χ1v) is 5.99. The summed E-state index contributed by atoms with van der Waals surface area (Å²) in [5.74, 6) is -0.175. The zero-order valence-corrected chi connectivity index (χ0v) is 11.9. The molecule has 4 N–H and O–H groups in total. The van der Waals surface area contributed by atoms with Gasteiger partial charge in [-0.1, -0.05) is 6.58 Å². The number of halogens is 1. The number of aliphatic imine (C=N–C) groups is 1. The molecule has 0 aliphatic heterocycles. The lowest BCUT2D eigenvalue weighted by Crippen LogP contribution is -2.39. The smallest absolute Gasteiger partial charge is 0.289 e. The average Bonchev–Trinajstić information content (AvgIpc) is 2.40. The van der Waals surface area contributed by atoms with Gasteiger partial charge in [0.1, 0.15) is 17.7 Å². The Kier molecular flexibility index (Phi) is 5.33. The first-order chi connectivity index (χ1) is 9.35. The maximum absolute atomic E-state index is 13.0. The van der Waals surface area contributed by atoms with Crippen LogP contribution in [0.2, 0.25) is 0 Å². The van der Waals surface area contributed by atoms with Gasteiger partial charge in [0.15, 0.2) is 0 Å². The minimum atomic E-state index is -0.506. The van der Waals surface area contributed by atoms with Crippen molar-refractivity contribution in [1.82, 2.24) is 10.0 Å². The molecule has 7 heteroatoms.